The van der Waals surface area contributed by atoms with Gasteiger partial charge in [0.15, 0.2) is 5.01 Å². The van der Waals surface area contributed by atoms with Crippen LogP contribution in [0, 0.1) is 11.8 Å². The lowest BCUT2D eigenvalue weighted by molar-refractivity contribution is 0.0958. The minimum Gasteiger partial charge on any atom is -0.339 e. The van der Waals surface area contributed by atoms with Crippen molar-refractivity contribution in [1.82, 2.24) is 15.6 Å². The smallest absolute Gasteiger partial charge is 0.321 e. The normalized spacial score (nSPS) is 13.2. The van der Waals surface area contributed by atoms with Crippen LogP contribution in [0.1, 0.15) is 15.4 Å². The summed E-state index contributed by atoms with van der Waals surface area (Å²) in [5.41, 5.74) is 2.50. The maximum Gasteiger partial charge on any atom is 0.321 e. The lowest BCUT2D eigenvalue weighted by Crippen LogP contribution is -2.27. The number of aromatic nitrogens is 1. The lowest BCUT2D eigenvalue weighted by Gasteiger charge is -2.13. The number of fused-ring (bicyclic) bond motifs is 1. The highest BCUT2D eigenvalue weighted by Gasteiger charge is 2.20. The second-order valence-corrected chi connectivity index (χ2v) is 6.93. The van der Waals surface area contributed by atoms with Crippen molar-refractivity contribution in [1.29, 1.82) is 0 Å². The predicted octanol–water partition coefficient (Wildman–Crippen LogP) is 2.61. The zero-order valence-corrected chi connectivity index (χ0v) is 15.2. The summed E-state index contributed by atoms with van der Waals surface area (Å²) < 4.78 is 0.987. The van der Waals surface area contributed by atoms with Gasteiger partial charge < -0.3 is 10.6 Å². The third kappa shape index (κ3) is 3.76. The number of rotatable bonds is 3. The molecule has 3 aromatic rings. The summed E-state index contributed by atoms with van der Waals surface area (Å²) in [6, 6.07) is 15.0. The molecule has 0 unspecified atom stereocenters. The summed E-state index contributed by atoms with van der Waals surface area (Å²) in [4.78, 5) is 29.8. The number of urea groups is 1. The first kappa shape index (κ1) is 17.1. The number of thiazole rings is 1. The largest absolute Gasteiger partial charge is 0.339 e. The Labute approximate surface area is 160 Å². The van der Waals surface area contributed by atoms with E-state index in [4.69, 9.17) is 0 Å². The van der Waals surface area contributed by atoms with E-state index in [1.807, 2.05) is 48.5 Å². The number of amides is 3. The molecule has 134 valence electrons. The van der Waals surface area contributed by atoms with Gasteiger partial charge in [-0.1, -0.05) is 24.0 Å². The van der Waals surface area contributed by atoms with Gasteiger partial charge in [0.1, 0.15) is 0 Å². The van der Waals surface area contributed by atoms with Gasteiger partial charge in [0.2, 0.25) is 0 Å². The molecule has 27 heavy (non-hydrogen) atoms. The van der Waals surface area contributed by atoms with Crippen LogP contribution in [0.2, 0.25) is 0 Å². The maximum absolute atomic E-state index is 12.2. The van der Waals surface area contributed by atoms with Gasteiger partial charge in [-0.2, -0.15) is 0 Å². The minimum atomic E-state index is -0.221. The Morgan fingerprint density at radius 3 is 2.78 bits per heavy atom. The fourth-order valence-electron chi connectivity index (χ4n) is 2.76. The van der Waals surface area contributed by atoms with Crippen LogP contribution in [-0.2, 0) is 0 Å². The van der Waals surface area contributed by atoms with Crippen molar-refractivity contribution in [2.45, 2.75) is 0 Å². The molecule has 1 saturated heterocycles. The number of carbonyl (C=O) groups is 2. The van der Waals surface area contributed by atoms with Crippen LogP contribution >= 0.6 is 11.3 Å². The standard InChI is InChI=1S/C20H16N4O2S/c25-18(19-23-16-5-1-2-6-17(16)27-19)21-11-3-4-14-7-9-15(10-8-14)24-13-12-22-20(24)26/h1-2,5-10H,11-13H2,(H,21,25)(H,22,26). The van der Waals surface area contributed by atoms with Crippen molar-refractivity contribution >= 4 is 39.2 Å². The molecule has 2 N–H and O–H groups in total. The topological polar surface area (TPSA) is 74.3 Å². The minimum absolute atomic E-state index is 0.0774. The van der Waals surface area contributed by atoms with Crippen molar-refractivity contribution in [3.8, 4) is 11.8 Å². The number of anilines is 1. The van der Waals surface area contributed by atoms with E-state index in [-0.39, 0.29) is 18.5 Å². The van der Waals surface area contributed by atoms with Crippen LogP contribution in [0.15, 0.2) is 48.5 Å². The third-order valence-corrected chi connectivity index (χ3v) is 5.13. The molecule has 7 heteroatoms. The zero-order valence-electron chi connectivity index (χ0n) is 14.4. The third-order valence-electron chi connectivity index (χ3n) is 4.09. The highest BCUT2D eigenvalue weighted by molar-refractivity contribution is 7.20. The number of hydrogen-bond donors (Lipinski definition) is 2. The van der Waals surface area contributed by atoms with E-state index in [0.717, 1.165) is 21.5 Å². The first-order chi connectivity index (χ1) is 13.2. The maximum atomic E-state index is 12.2. The van der Waals surface area contributed by atoms with Crippen LogP contribution in [0.3, 0.4) is 0 Å². The Morgan fingerprint density at radius 2 is 2.04 bits per heavy atom. The summed E-state index contributed by atoms with van der Waals surface area (Å²) in [7, 11) is 0. The Morgan fingerprint density at radius 1 is 1.22 bits per heavy atom. The molecule has 2 aromatic carbocycles. The molecule has 4 rings (SSSR count). The molecular weight excluding hydrogens is 360 g/mol. The van der Waals surface area contributed by atoms with Gasteiger partial charge in [-0.15, -0.1) is 11.3 Å². The fourth-order valence-corrected chi connectivity index (χ4v) is 3.64. The summed E-state index contributed by atoms with van der Waals surface area (Å²) in [6.45, 7) is 1.57. The van der Waals surface area contributed by atoms with Crippen LogP contribution in [0.25, 0.3) is 10.2 Å². The zero-order chi connectivity index (χ0) is 18.6. The molecule has 0 saturated carbocycles. The van der Waals surface area contributed by atoms with E-state index in [1.165, 1.54) is 11.3 Å². The Kier molecular flexibility index (Phi) is 4.73. The second-order valence-electron chi connectivity index (χ2n) is 5.90. The lowest BCUT2D eigenvalue weighted by atomic mass is 10.2. The van der Waals surface area contributed by atoms with Gasteiger partial charge in [-0.05, 0) is 36.4 Å². The van der Waals surface area contributed by atoms with Gasteiger partial charge in [-0.25, -0.2) is 9.78 Å². The first-order valence-electron chi connectivity index (χ1n) is 8.49. The molecule has 1 aromatic heterocycles. The second kappa shape index (κ2) is 7.48. The van der Waals surface area contributed by atoms with Gasteiger partial charge >= 0.3 is 6.03 Å². The molecule has 0 atom stereocenters. The van der Waals surface area contributed by atoms with E-state index >= 15 is 0 Å². The molecule has 1 aliphatic rings. The molecule has 0 bridgehead atoms. The first-order valence-corrected chi connectivity index (χ1v) is 9.30. The molecule has 1 aliphatic heterocycles. The van der Waals surface area contributed by atoms with Gasteiger partial charge in [0.05, 0.1) is 16.8 Å². The summed E-state index contributed by atoms with van der Waals surface area (Å²) in [5.74, 6) is 5.72. The Balaban J connectivity index is 1.34. The number of nitrogens with zero attached hydrogens (tertiary/aromatic N) is 2. The van der Waals surface area contributed by atoms with E-state index in [0.29, 0.717) is 18.1 Å². The van der Waals surface area contributed by atoms with Gasteiger partial charge in [0.25, 0.3) is 5.91 Å². The van der Waals surface area contributed by atoms with E-state index in [2.05, 4.69) is 27.5 Å². The molecule has 0 aliphatic carbocycles. The number of nitrogens with one attached hydrogen (secondary N) is 2. The van der Waals surface area contributed by atoms with Crippen LogP contribution in [0.5, 0.6) is 0 Å². The van der Waals surface area contributed by atoms with E-state index < -0.39 is 0 Å². The molecule has 6 nitrogen and oxygen atoms in total. The van der Waals surface area contributed by atoms with Gasteiger partial charge in [0, 0.05) is 24.3 Å². The summed E-state index contributed by atoms with van der Waals surface area (Å²) >= 11 is 1.36. The average Bonchev–Trinajstić information content (AvgIpc) is 3.31. The molecule has 0 spiro atoms. The summed E-state index contributed by atoms with van der Waals surface area (Å²) in [5, 5.41) is 5.97. The van der Waals surface area contributed by atoms with Crippen LogP contribution in [0.4, 0.5) is 10.5 Å². The molecule has 0 radical (unpaired) electrons. The predicted molar refractivity (Wildman–Crippen MR) is 106 cm³/mol. The quantitative estimate of drug-likeness (QED) is 0.690. The Bertz CT molecular complexity index is 1030. The molecular formula is C20H16N4O2S. The van der Waals surface area contributed by atoms with E-state index in [1.54, 1.807) is 4.90 Å². The van der Waals surface area contributed by atoms with Crippen LogP contribution in [-0.4, -0.2) is 36.6 Å². The number of hydrogen-bond acceptors (Lipinski definition) is 4. The highest BCUT2D eigenvalue weighted by atomic mass is 32.1. The molecule has 2 heterocycles. The number of carbonyl (C=O) groups excluding carboxylic acids is 2. The number of benzene rings is 2. The van der Waals surface area contributed by atoms with Crippen molar-refractivity contribution in [2.24, 2.45) is 0 Å². The fraction of sp³-hybridized carbons (Fsp3) is 0.150. The SMILES string of the molecule is O=C(NCC#Cc1ccc(N2CCNC2=O)cc1)c1nc2ccccc2s1. The highest BCUT2D eigenvalue weighted by Crippen LogP contribution is 2.21. The van der Waals surface area contributed by atoms with E-state index in [9.17, 15) is 9.59 Å². The van der Waals surface area contributed by atoms with Crippen molar-refractivity contribution in [2.75, 3.05) is 24.5 Å². The molecule has 1 fully saturated rings. The monoisotopic (exact) mass is 376 g/mol. The van der Waals surface area contributed by atoms with Crippen molar-refractivity contribution < 1.29 is 9.59 Å². The summed E-state index contributed by atoms with van der Waals surface area (Å²) in [6.07, 6.45) is 0. The van der Waals surface area contributed by atoms with Crippen LogP contribution < -0.4 is 15.5 Å². The van der Waals surface area contributed by atoms with Crippen molar-refractivity contribution in [3.63, 3.8) is 0 Å². The molecule has 3 amide bonds. The van der Waals surface area contributed by atoms with Crippen molar-refractivity contribution in [3.05, 3.63) is 59.1 Å². The number of para-hydroxylation sites is 1. The average molecular weight is 376 g/mol. The van der Waals surface area contributed by atoms with Gasteiger partial charge in [-0.3, -0.25) is 9.69 Å². The Hall–Kier alpha value is -3.37.